The number of benzene rings is 2. The van der Waals surface area contributed by atoms with Crippen LogP contribution in [-0.2, 0) is 4.79 Å². The monoisotopic (exact) mass is 397 g/mol. The Balaban J connectivity index is 1.59. The first-order chi connectivity index (χ1) is 14.0. The van der Waals surface area contributed by atoms with Gasteiger partial charge in [0.2, 0.25) is 5.91 Å². The highest BCUT2D eigenvalue weighted by molar-refractivity contribution is 5.97. The van der Waals surface area contributed by atoms with Gasteiger partial charge in [-0.05, 0) is 31.2 Å². The van der Waals surface area contributed by atoms with Crippen LogP contribution in [-0.4, -0.2) is 36.8 Å². The van der Waals surface area contributed by atoms with Gasteiger partial charge in [-0.2, -0.15) is 4.98 Å². The first-order valence-corrected chi connectivity index (χ1v) is 9.12. The van der Waals surface area contributed by atoms with Crippen LogP contribution in [0.15, 0.2) is 40.9 Å². The summed E-state index contributed by atoms with van der Waals surface area (Å²) in [7, 11) is 3.12. The molecule has 0 radical (unpaired) electrons. The Morgan fingerprint density at radius 2 is 1.90 bits per heavy atom. The largest absolute Gasteiger partial charge is 0.497 e. The number of hydrogen-bond acceptors (Lipinski definition) is 6. The summed E-state index contributed by atoms with van der Waals surface area (Å²) in [6.07, 6.45) is 0.232. The normalized spacial score (nSPS) is 16.3. The van der Waals surface area contributed by atoms with Crippen LogP contribution in [0.1, 0.15) is 23.7 Å². The maximum Gasteiger partial charge on any atom is 0.258 e. The van der Waals surface area contributed by atoms with Gasteiger partial charge in [0.15, 0.2) is 5.82 Å². The van der Waals surface area contributed by atoms with Crippen molar-refractivity contribution in [1.82, 2.24) is 10.1 Å². The Bertz CT molecular complexity index is 1040. The Labute approximate surface area is 167 Å². The van der Waals surface area contributed by atoms with E-state index in [4.69, 9.17) is 14.0 Å². The van der Waals surface area contributed by atoms with Gasteiger partial charge in [-0.3, -0.25) is 4.79 Å². The van der Waals surface area contributed by atoms with Gasteiger partial charge in [-0.25, -0.2) is 4.39 Å². The van der Waals surface area contributed by atoms with E-state index in [0.29, 0.717) is 46.6 Å². The van der Waals surface area contributed by atoms with Crippen molar-refractivity contribution in [1.29, 1.82) is 0 Å². The summed E-state index contributed by atoms with van der Waals surface area (Å²) in [5, 5.41) is 4.07. The molecule has 1 fully saturated rings. The van der Waals surface area contributed by atoms with Gasteiger partial charge in [-0.15, -0.1) is 0 Å². The third kappa shape index (κ3) is 3.53. The zero-order chi connectivity index (χ0) is 20.5. The molecule has 7 nitrogen and oxygen atoms in total. The van der Waals surface area contributed by atoms with Crippen molar-refractivity contribution in [2.24, 2.45) is 0 Å². The summed E-state index contributed by atoms with van der Waals surface area (Å²) in [6.45, 7) is 2.03. The van der Waals surface area contributed by atoms with E-state index in [1.54, 1.807) is 56.4 Å². The second kappa shape index (κ2) is 7.54. The molecule has 1 unspecified atom stereocenters. The second-order valence-electron chi connectivity index (χ2n) is 6.85. The molecule has 0 saturated carbocycles. The van der Waals surface area contributed by atoms with Gasteiger partial charge < -0.3 is 18.9 Å². The molecule has 1 atom stereocenters. The molecule has 8 heteroatoms. The summed E-state index contributed by atoms with van der Waals surface area (Å²) in [5.41, 5.74) is 1.67. The molecule has 2 heterocycles. The highest BCUT2D eigenvalue weighted by Crippen LogP contribution is 2.34. The predicted molar refractivity (Wildman–Crippen MR) is 104 cm³/mol. The van der Waals surface area contributed by atoms with Crippen LogP contribution in [0, 0.1) is 12.7 Å². The molecule has 2 aromatic carbocycles. The molecule has 0 bridgehead atoms. The lowest BCUT2D eigenvalue weighted by Gasteiger charge is -2.18. The van der Waals surface area contributed by atoms with Crippen LogP contribution >= 0.6 is 0 Å². The third-order valence-corrected chi connectivity index (χ3v) is 5.06. The van der Waals surface area contributed by atoms with Crippen LogP contribution in [0.2, 0.25) is 0 Å². The minimum Gasteiger partial charge on any atom is -0.497 e. The van der Waals surface area contributed by atoms with Gasteiger partial charge in [0.05, 0.1) is 14.2 Å². The number of halogens is 1. The number of rotatable bonds is 5. The first kappa shape index (κ1) is 18.9. The van der Waals surface area contributed by atoms with E-state index in [1.807, 2.05) is 0 Å². The average Bonchev–Trinajstić information content (AvgIpc) is 3.36. The molecule has 1 aliphatic rings. The fourth-order valence-electron chi connectivity index (χ4n) is 3.45. The SMILES string of the molecule is COc1cc(OC)cc(-c2nc(C3CC(=O)N(c4cccc(F)c4C)C3)no2)c1. The Hall–Kier alpha value is -3.42. The number of aromatic nitrogens is 2. The summed E-state index contributed by atoms with van der Waals surface area (Å²) in [5.74, 6) is 1.27. The molecule has 1 amide bonds. The van der Waals surface area contributed by atoms with E-state index in [2.05, 4.69) is 10.1 Å². The highest BCUT2D eigenvalue weighted by Gasteiger charge is 2.35. The molecule has 29 heavy (non-hydrogen) atoms. The smallest absolute Gasteiger partial charge is 0.258 e. The maximum absolute atomic E-state index is 13.9. The Kier molecular flexibility index (Phi) is 4.92. The summed E-state index contributed by atoms with van der Waals surface area (Å²) < 4.78 is 29.9. The van der Waals surface area contributed by atoms with Crippen molar-refractivity contribution in [2.75, 3.05) is 25.7 Å². The number of carbonyl (C=O) groups is 1. The van der Waals surface area contributed by atoms with E-state index >= 15 is 0 Å². The third-order valence-electron chi connectivity index (χ3n) is 5.06. The number of nitrogens with zero attached hydrogens (tertiary/aromatic N) is 3. The molecule has 0 aliphatic carbocycles. The zero-order valence-corrected chi connectivity index (χ0v) is 16.3. The number of methoxy groups -OCH3 is 2. The lowest BCUT2D eigenvalue weighted by Crippen LogP contribution is -2.25. The molecule has 1 saturated heterocycles. The lowest BCUT2D eigenvalue weighted by molar-refractivity contribution is -0.117. The van der Waals surface area contributed by atoms with E-state index in [9.17, 15) is 9.18 Å². The van der Waals surface area contributed by atoms with Gasteiger partial charge in [-0.1, -0.05) is 11.2 Å². The summed E-state index contributed by atoms with van der Waals surface area (Å²) >= 11 is 0. The van der Waals surface area contributed by atoms with Gasteiger partial charge in [0.1, 0.15) is 17.3 Å². The Morgan fingerprint density at radius 1 is 1.17 bits per heavy atom. The van der Waals surface area contributed by atoms with Crippen molar-refractivity contribution >= 4 is 11.6 Å². The number of hydrogen-bond donors (Lipinski definition) is 0. The van der Waals surface area contributed by atoms with Crippen molar-refractivity contribution in [3.8, 4) is 23.0 Å². The maximum atomic E-state index is 13.9. The van der Waals surface area contributed by atoms with Crippen molar-refractivity contribution in [2.45, 2.75) is 19.3 Å². The van der Waals surface area contributed by atoms with Crippen LogP contribution in [0.5, 0.6) is 11.5 Å². The van der Waals surface area contributed by atoms with Crippen molar-refractivity contribution < 1.29 is 23.2 Å². The number of anilines is 1. The minimum absolute atomic E-state index is 0.0990. The molecule has 150 valence electrons. The average molecular weight is 397 g/mol. The molecular formula is C21H20FN3O4. The van der Waals surface area contributed by atoms with Crippen LogP contribution in [0.4, 0.5) is 10.1 Å². The van der Waals surface area contributed by atoms with Gasteiger partial charge in [0, 0.05) is 41.8 Å². The van der Waals surface area contributed by atoms with Crippen LogP contribution in [0.3, 0.4) is 0 Å². The topological polar surface area (TPSA) is 77.7 Å². The van der Waals surface area contributed by atoms with E-state index in [0.717, 1.165) is 0 Å². The highest BCUT2D eigenvalue weighted by atomic mass is 19.1. The molecule has 1 aliphatic heterocycles. The van der Waals surface area contributed by atoms with E-state index < -0.39 is 0 Å². The molecular weight excluding hydrogens is 377 g/mol. The molecule has 0 N–H and O–H groups in total. The number of ether oxygens (including phenoxy) is 2. The minimum atomic E-state index is -0.340. The van der Waals surface area contributed by atoms with Gasteiger partial charge in [0.25, 0.3) is 5.89 Å². The number of amides is 1. The van der Waals surface area contributed by atoms with Crippen molar-refractivity contribution in [3.05, 3.63) is 53.6 Å². The van der Waals surface area contributed by atoms with E-state index in [1.165, 1.54) is 6.07 Å². The number of carbonyl (C=O) groups excluding carboxylic acids is 1. The van der Waals surface area contributed by atoms with E-state index in [-0.39, 0.29) is 24.1 Å². The fourth-order valence-corrected chi connectivity index (χ4v) is 3.45. The molecule has 1 aromatic heterocycles. The fraction of sp³-hybridized carbons (Fsp3) is 0.286. The quantitative estimate of drug-likeness (QED) is 0.653. The summed E-state index contributed by atoms with van der Waals surface area (Å²) in [6, 6.07) is 9.99. The first-order valence-electron chi connectivity index (χ1n) is 9.12. The second-order valence-corrected chi connectivity index (χ2v) is 6.85. The van der Waals surface area contributed by atoms with Crippen LogP contribution in [0.25, 0.3) is 11.5 Å². The molecule has 3 aromatic rings. The predicted octanol–water partition coefficient (Wildman–Crippen LogP) is 3.72. The van der Waals surface area contributed by atoms with Crippen LogP contribution < -0.4 is 14.4 Å². The lowest BCUT2D eigenvalue weighted by atomic mass is 10.1. The standard InChI is InChI=1S/C21H20FN3O4/c1-12-17(22)5-4-6-18(12)25-11-14(9-19(25)26)20-23-21(29-24-20)13-7-15(27-2)10-16(8-13)28-3/h4-8,10,14H,9,11H2,1-3H3. The summed E-state index contributed by atoms with van der Waals surface area (Å²) in [4.78, 5) is 18.6. The van der Waals surface area contributed by atoms with Crippen molar-refractivity contribution in [3.63, 3.8) is 0 Å². The van der Waals surface area contributed by atoms with Gasteiger partial charge >= 0.3 is 0 Å². The zero-order valence-electron chi connectivity index (χ0n) is 16.3. The molecule has 0 spiro atoms. The Morgan fingerprint density at radius 3 is 2.59 bits per heavy atom. The molecule has 4 rings (SSSR count).